The van der Waals surface area contributed by atoms with Crippen LogP contribution in [0, 0.1) is 6.92 Å². The maximum Gasteiger partial charge on any atom is 0.251 e. The van der Waals surface area contributed by atoms with Crippen molar-refractivity contribution in [2.24, 2.45) is 0 Å². The van der Waals surface area contributed by atoms with Crippen molar-refractivity contribution in [1.29, 1.82) is 0 Å². The van der Waals surface area contributed by atoms with E-state index in [1.807, 2.05) is 25.1 Å². The van der Waals surface area contributed by atoms with Crippen molar-refractivity contribution < 1.29 is 9.59 Å². The molecule has 0 fully saturated rings. The molecule has 0 atom stereocenters. The second kappa shape index (κ2) is 7.56. The first-order valence-corrected chi connectivity index (χ1v) is 8.14. The zero-order valence-corrected chi connectivity index (χ0v) is 15.0. The molecule has 0 saturated heterocycles. The van der Waals surface area contributed by atoms with Crippen LogP contribution in [0.2, 0.25) is 0 Å². The largest absolute Gasteiger partial charge is 0.343 e. The van der Waals surface area contributed by atoms with Gasteiger partial charge >= 0.3 is 0 Å². The number of hydrogen-bond donors (Lipinski definition) is 2. The maximum atomic E-state index is 12.1. The third-order valence-corrected chi connectivity index (χ3v) is 3.99. The molecule has 2 aromatic carbocycles. The van der Waals surface area contributed by atoms with E-state index >= 15 is 0 Å². The van der Waals surface area contributed by atoms with E-state index in [1.54, 1.807) is 24.3 Å². The third kappa shape index (κ3) is 4.68. The van der Waals surface area contributed by atoms with Crippen LogP contribution in [-0.4, -0.2) is 18.4 Å². The number of hydrogen-bond acceptors (Lipinski definition) is 2. The Labute approximate surface area is 145 Å². The number of aryl methyl sites for hydroxylation is 1. The lowest BCUT2D eigenvalue weighted by Crippen LogP contribution is -2.33. The Morgan fingerprint density at radius 1 is 1.00 bits per heavy atom. The quantitative estimate of drug-likeness (QED) is 0.780. The molecule has 0 aliphatic carbocycles. The third-order valence-electron chi connectivity index (χ3n) is 2.97. The number of carbonyl (C=O) groups is 2. The standard InChI is InChI=1S/C16H14Br2N2O2/c1-10-8-12(18)4-7-14(10)16(22)19-9-15(21)20-13-5-2-11(17)3-6-13/h2-8H,9H2,1H3,(H,19,22)(H,20,21). The Morgan fingerprint density at radius 3 is 2.27 bits per heavy atom. The number of nitrogens with one attached hydrogen (secondary N) is 2. The highest BCUT2D eigenvalue weighted by Crippen LogP contribution is 2.16. The number of benzene rings is 2. The first-order valence-electron chi connectivity index (χ1n) is 6.55. The highest BCUT2D eigenvalue weighted by atomic mass is 79.9. The first-order chi connectivity index (χ1) is 10.5. The van der Waals surface area contributed by atoms with Gasteiger partial charge < -0.3 is 10.6 Å². The smallest absolute Gasteiger partial charge is 0.251 e. The van der Waals surface area contributed by atoms with Crippen LogP contribution in [0.5, 0.6) is 0 Å². The molecule has 0 spiro atoms. The van der Waals surface area contributed by atoms with E-state index in [-0.39, 0.29) is 18.4 Å². The summed E-state index contributed by atoms with van der Waals surface area (Å²) in [5.41, 5.74) is 2.09. The van der Waals surface area contributed by atoms with E-state index in [2.05, 4.69) is 42.5 Å². The lowest BCUT2D eigenvalue weighted by Gasteiger charge is -2.09. The van der Waals surface area contributed by atoms with Gasteiger partial charge in [0.05, 0.1) is 6.54 Å². The summed E-state index contributed by atoms with van der Waals surface area (Å²) < 4.78 is 1.85. The van der Waals surface area contributed by atoms with Crippen molar-refractivity contribution in [3.8, 4) is 0 Å². The summed E-state index contributed by atoms with van der Waals surface area (Å²) in [7, 11) is 0. The number of halogens is 2. The maximum absolute atomic E-state index is 12.1. The van der Waals surface area contributed by atoms with Crippen LogP contribution in [0.1, 0.15) is 15.9 Å². The molecule has 0 aliphatic heterocycles. The SMILES string of the molecule is Cc1cc(Br)ccc1C(=O)NCC(=O)Nc1ccc(Br)cc1. The zero-order valence-electron chi connectivity index (χ0n) is 11.8. The van der Waals surface area contributed by atoms with Crippen molar-refractivity contribution in [3.05, 3.63) is 62.5 Å². The van der Waals surface area contributed by atoms with Gasteiger partial charge in [-0.25, -0.2) is 0 Å². The molecular weight excluding hydrogens is 412 g/mol. The van der Waals surface area contributed by atoms with Gasteiger partial charge in [-0.15, -0.1) is 0 Å². The van der Waals surface area contributed by atoms with Crippen molar-refractivity contribution in [2.45, 2.75) is 6.92 Å². The number of amides is 2. The van der Waals surface area contributed by atoms with Crippen molar-refractivity contribution in [2.75, 3.05) is 11.9 Å². The van der Waals surface area contributed by atoms with E-state index in [0.29, 0.717) is 11.3 Å². The first kappa shape index (κ1) is 16.7. The highest BCUT2D eigenvalue weighted by molar-refractivity contribution is 9.10. The fourth-order valence-corrected chi connectivity index (χ4v) is 2.62. The fourth-order valence-electron chi connectivity index (χ4n) is 1.88. The minimum Gasteiger partial charge on any atom is -0.343 e. The second-order valence-corrected chi connectivity index (χ2v) is 6.53. The van der Waals surface area contributed by atoms with E-state index in [4.69, 9.17) is 0 Å². The van der Waals surface area contributed by atoms with Crippen LogP contribution < -0.4 is 10.6 Å². The average molecular weight is 426 g/mol. The molecule has 0 unspecified atom stereocenters. The summed E-state index contributed by atoms with van der Waals surface area (Å²) in [6.07, 6.45) is 0. The molecule has 0 bridgehead atoms. The molecule has 0 heterocycles. The molecule has 6 heteroatoms. The molecule has 2 rings (SSSR count). The molecule has 2 aromatic rings. The van der Waals surface area contributed by atoms with Crippen LogP contribution >= 0.6 is 31.9 Å². The Morgan fingerprint density at radius 2 is 1.64 bits per heavy atom. The summed E-state index contributed by atoms with van der Waals surface area (Å²) in [6.45, 7) is 1.77. The summed E-state index contributed by atoms with van der Waals surface area (Å²) in [6, 6.07) is 12.6. The van der Waals surface area contributed by atoms with Crippen LogP contribution in [0.4, 0.5) is 5.69 Å². The van der Waals surface area contributed by atoms with Gasteiger partial charge in [0.25, 0.3) is 5.91 Å². The van der Waals surface area contributed by atoms with Crippen LogP contribution in [0.3, 0.4) is 0 Å². The van der Waals surface area contributed by atoms with Crippen LogP contribution in [0.15, 0.2) is 51.4 Å². The van der Waals surface area contributed by atoms with Gasteiger partial charge in [0.15, 0.2) is 0 Å². The average Bonchev–Trinajstić information content (AvgIpc) is 2.47. The van der Waals surface area contributed by atoms with E-state index in [9.17, 15) is 9.59 Å². The van der Waals surface area contributed by atoms with Gasteiger partial charge in [0.1, 0.15) is 0 Å². The lowest BCUT2D eigenvalue weighted by molar-refractivity contribution is -0.115. The molecule has 4 nitrogen and oxygen atoms in total. The molecule has 0 aromatic heterocycles. The Balaban J connectivity index is 1.90. The summed E-state index contributed by atoms with van der Waals surface area (Å²) in [5.74, 6) is -0.540. The van der Waals surface area contributed by atoms with Gasteiger partial charge in [-0.3, -0.25) is 9.59 Å². The fraction of sp³-hybridized carbons (Fsp3) is 0.125. The molecule has 114 valence electrons. The molecule has 22 heavy (non-hydrogen) atoms. The van der Waals surface area contributed by atoms with E-state index in [0.717, 1.165) is 14.5 Å². The highest BCUT2D eigenvalue weighted by Gasteiger charge is 2.10. The number of rotatable bonds is 4. The van der Waals surface area contributed by atoms with Gasteiger partial charge in [0, 0.05) is 20.2 Å². The molecule has 2 N–H and O–H groups in total. The monoisotopic (exact) mass is 424 g/mol. The minimum atomic E-state index is -0.273. The molecule has 0 radical (unpaired) electrons. The van der Waals surface area contributed by atoms with Crippen LogP contribution in [0.25, 0.3) is 0 Å². The minimum absolute atomic E-state index is 0.0790. The molecule has 0 aliphatic rings. The Hall–Kier alpha value is -1.66. The van der Waals surface area contributed by atoms with Gasteiger partial charge in [-0.1, -0.05) is 31.9 Å². The number of anilines is 1. The van der Waals surface area contributed by atoms with Crippen molar-refractivity contribution >= 4 is 49.4 Å². The van der Waals surface area contributed by atoms with Crippen molar-refractivity contribution in [1.82, 2.24) is 5.32 Å². The summed E-state index contributed by atoms with van der Waals surface area (Å²) >= 11 is 6.68. The lowest BCUT2D eigenvalue weighted by atomic mass is 10.1. The topological polar surface area (TPSA) is 58.2 Å². The van der Waals surface area contributed by atoms with E-state index < -0.39 is 0 Å². The Kier molecular flexibility index (Phi) is 5.74. The van der Waals surface area contributed by atoms with Crippen LogP contribution in [-0.2, 0) is 4.79 Å². The predicted molar refractivity (Wildman–Crippen MR) is 94.0 cm³/mol. The predicted octanol–water partition coefficient (Wildman–Crippen LogP) is 3.89. The van der Waals surface area contributed by atoms with Gasteiger partial charge in [-0.05, 0) is 55.0 Å². The number of carbonyl (C=O) groups excluding carboxylic acids is 2. The molecular formula is C16H14Br2N2O2. The summed E-state index contributed by atoms with van der Waals surface area (Å²) in [4.78, 5) is 23.9. The summed E-state index contributed by atoms with van der Waals surface area (Å²) in [5, 5.41) is 5.33. The van der Waals surface area contributed by atoms with Gasteiger partial charge in [-0.2, -0.15) is 0 Å². The zero-order chi connectivity index (χ0) is 16.1. The molecule has 2 amide bonds. The van der Waals surface area contributed by atoms with E-state index in [1.165, 1.54) is 0 Å². The normalized spacial score (nSPS) is 10.1. The van der Waals surface area contributed by atoms with Crippen molar-refractivity contribution in [3.63, 3.8) is 0 Å². The second-order valence-electron chi connectivity index (χ2n) is 4.70. The van der Waals surface area contributed by atoms with Gasteiger partial charge in [0.2, 0.25) is 5.91 Å². The Bertz CT molecular complexity index is 700. The molecule has 0 saturated carbocycles.